The summed E-state index contributed by atoms with van der Waals surface area (Å²) in [7, 11) is -1.41. The number of morpholine rings is 1. The summed E-state index contributed by atoms with van der Waals surface area (Å²) in [6, 6.07) is 14.0. The number of aromatic nitrogens is 2. The number of ether oxygens (including phenoxy) is 1. The minimum absolute atomic E-state index is 0.264. The van der Waals surface area contributed by atoms with Gasteiger partial charge in [0.05, 0.1) is 35.0 Å². The van der Waals surface area contributed by atoms with Crippen molar-refractivity contribution < 1.29 is 13.7 Å². The molecule has 2 heterocycles. The Morgan fingerprint density at radius 2 is 1.82 bits per heavy atom. The molecule has 0 saturated carbocycles. The molecule has 0 N–H and O–H groups in total. The standard InChI is InChI=1S/C20H20ClN3O3S/c21-16-7-5-15(6-8-16)19(25)24-18-4-2-1-3-17(18)22-20(24)28(26)14-11-23-9-12-27-13-10-23/h1-8H,9-14H2/t28-/m1/s1. The van der Waals surface area contributed by atoms with Crippen molar-refractivity contribution in [3.8, 4) is 0 Å². The summed E-state index contributed by atoms with van der Waals surface area (Å²) in [6.07, 6.45) is 0. The Morgan fingerprint density at radius 3 is 2.57 bits per heavy atom. The molecular formula is C20H20ClN3O3S. The maximum atomic E-state index is 13.2. The van der Waals surface area contributed by atoms with Gasteiger partial charge in [0.25, 0.3) is 5.91 Å². The second-order valence-electron chi connectivity index (χ2n) is 6.53. The SMILES string of the molecule is O=C(c1ccc(Cl)cc1)n1c([S@](=O)CCN2CCOCC2)nc2ccccc21. The van der Waals surface area contributed by atoms with Crippen molar-refractivity contribution in [2.75, 3.05) is 38.6 Å². The van der Waals surface area contributed by atoms with Gasteiger partial charge in [-0.1, -0.05) is 23.7 Å². The van der Waals surface area contributed by atoms with E-state index in [4.69, 9.17) is 16.3 Å². The van der Waals surface area contributed by atoms with Gasteiger partial charge in [-0.3, -0.25) is 18.5 Å². The van der Waals surface area contributed by atoms with E-state index in [1.54, 1.807) is 24.3 Å². The molecule has 28 heavy (non-hydrogen) atoms. The van der Waals surface area contributed by atoms with E-state index >= 15 is 0 Å². The lowest BCUT2D eigenvalue weighted by Crippen LogP contribution is -2.38. The van der Waals surface area contributed by atoms with Crippen LogP contribution in [0.15, 0.2) is 53.7 Å². The van der Waals surface area contributed by atoms with Crippen LogP contribution in [0, 0.1) is 0 Å². The summed E-state index contributed by atoms with van der Waals surface area (Å²) in [5.41, 5.74) is 1.77. The van der Waals surface area contributed by atoms with Crippen molar-refractivity contribution in [3.63, 3.8) is 0 Å². The van der Waals surface area contributed by atoms with E-state index in [-0.39, 0.29) is 11.1 Å². The number of nitrogens with zero attached hydrogens (tertiary/aromatic N) is 3. The molecule has 6 nitrogen and oxygen atoms in total. The highest BCUT2D eigenvalue weighted by atomic mass is 35.5. The number of rotatable bonds is 5. The lowest BCUT2D eigenvalue weighted by atomic mass is 10.2. The largest absolute Gasteiger partial charge is 0.379 e. The summed E-state index contributed by atoms with van der Waals surface area (Å²) >= 11 is 5.94. The van der Waals surface area contributed by atoms with Crippen LogP contribution in [0.2, 0.25) is 5.02 Å². The Hall–Kier alpha value is -2.06. The number of hydrogen-bond donors (Lipinski definition) is 0. The van der Waals surface area contributed by atoms with Crippen LogP contribution in [0.3, 0.4) is 0 Å². The Bertz CT molecular complexity index is 1010. The fourth-order valence-corrected chi connectivity index (χ4v) is 4.52. The second-order valence-corrected chi connectivity index (χ2v) is 8.44. The monoisotopic (exact) mass is 417 g/mol. The molecule has 0 unspecified atom stereocenters. The maximum absolute atomic E-state index is 13.2. The first-order chi connectivity index (χ1) is 13.6. The topological polar surface area (TPSA) is 64.4 Å². The average molecular weight is 418 g/mol. The van der Waals surface area contributed by atoms with E-state index in [1.165, 1.54) is 4.57 Å². The molecule has 0 aliphatic carbocycles. The number of carbonyl (C=O) groups excluding carboxylic acids is 1. The van der Waals surface area contributed by atoms with Gasteiger partial charge in [0.15, 0.2) is 0 Å². The van der Waals surface area contributed by atoms with Crippen molar-refractivity contribution in [2.24, 2.45) is 0 Å². The quantitative estimate of drug-likeness (QED) is 0.638. The number of para-hydroxylation sites is 2. The van der Waals surface area contributed by atoms with Crippen molar-refractivity contribution in [1.29, 1.82) is 0 Å². The minimum atomic E-state index is -1.41. The zero-order valence-corrected chi connectivity index (χ0v) is 16.8. The van der Waals surface area contributed by atoms with Crippen molar-refractivity contribution >= 4 is 39.3 Å². The first-order valence-corrected chi connectivity index (χ1v) is 10.8. The van der Waals surface area contributed by atoms with Crippen LogP contribution < -0.4 is 0 Å². The van der Waals surface area contributed by atoms with E-state index in [9.17, 15) is 9.00 Å². The van der Waals surface area contributed by atoms with E-state index in [0.717, 1.165) is 13.1 Å². The van der Waals surface area contributed by atoms with Gasteiger partial charge < -0.3 is 4.74 Å². The van der Waals surface area contributed by atoms with Crippen molar-refractivity contribution in [1.82, 2.24) is 14.5 Å². The van der Waals surface area contributed by atoms with Crippen LogP contribution in [-0.2, 0) is 15.5 Å². The second kappa shape index (κ2) is 8.53. The number of hydrogen-bond acceptors (Lipinski definition) is 5. The molecule has 8 heteroatoms. The molecule has 1 atom stereocenters. The molecule has 0 radical (unpaired) electrons. The van der Waals surface area contributed by atoms with Crippen LogP contribution in [0.4, 0.5) is 0 Å². The van der Waals surface area contributed by atoms with Gasteiger partial charge in [-0.15, -0.1) is 0 Å². The Kier molecular flexibility index (Phi) is 5.87. The highest BCUT2D eigenvalue weighted by molar-refractivity contribution is 7.84. The summed E-state index contributed by atoms with van der Waals surface area (Å²) in [5.74, 6) is 0.150. The number of fused-ring (bicyclic) bond motifs is 1. The first kappa shape index (κ1) is 19.3. The lowest BCUT2D eigenvalue weighted by molar-refractivity contribution is 0.0409. The molecule has 1 aromatic heterocycles. The maximum Gasteiger partial charge on any atom is 0.264 e. The normalized spacial score (nSPS) is 16.3. The smallest absolute Gasteiger partial charge is 0.264 e. The van der Waals surface area contributed by atoms with Crippen LogP contribution in [0.25, 0.3) is 11.0 Å². The third kappa shape index (κ3) is 4.03. The fourth-order valence-electron chi connectivity index (χ4n) is 3.20. The Labute approximate surface area is 170 Å². The van der Waals surface area contributed by atoms with Crippen molar-refractivity contribution in [2.45, 2.75) is 5.16 Å². The number of imidazole rings is 1. The van der Waals surface area contributed by atoms with Gasteiger partial charge in [0.1, 0.15) is 0 Å². The molecule has 0 spiro atoms. The summed E-state index contributed by atoms with van der Waals surface area (Å²) in [6.45, 7) is 3.73. The van der Waals surface area contributed by atoms with E-state index in [2.05, 4.69) is 9.88 Å². The summed E-state index contributed by atoms with van der Waals surface area (Å²) < 4.78 is 19.9. The molecule has 146 valence electrons. The zero-order chi connectivity index (χ0) is 19.5. The van der Waals surface area contributed by atoms with Crippen LogP contribution in [0.1, 0.15) is 10.4 Å². The van der Waals surface area contributed by atoms with Gasteiger partial charge in [-0.05, 0) is 36.4 Å². The molecule has 0 amide bonds. The molecule has 1 aliphatic heterocycles. The van der Waals surface area contributed by atoms with Gasteiger partial charge in [0.2, 0.25) is 5.16 Å². The average Bonchev–Trinajstić information content (AvgIpc) is 3.12. The summed E-state index contributed by atoms with van der Waals surface area (Å²) in [5, 5.41) is 0.843. The molecule has 2 aromatic carbocycles. The van der Waals surface area contributed by atoms with Crippen LogP contribution in [-0.4, -0.2) is 63.2 Å². The van der Waals surface area contributed by atoms with Crippen molar-refractivity contribution in [3.05, 3.63) is 59.1 Å². The molecule has 1 fully saturated rings. The number of benzene rings is 2. The van der Waals surface area contributed by atoms with Gasteiger partial charge >= 0.3 is 0 Å². The highest BCUT2D eigenvalue weighted by Gasteiger charge is 2.23. The van der Waals surface area contributed by atoms with Crippen LogP contribution in [0.5, 0.6) is 0 Å². The van der Waals surface area contributed by atoms with E-state index in [1.807, 2.05) is 24.3 Å². The molecular weight excluding hydrogens is 398 g/mol. The molecule has 1 aliphatic rings. The van der Waals surface area contributed by atoms with Gasteiger partial charge in [0, 0.05) is 36.0 Å². The zero-order valence-electron chi connectivity index (χ0n) is 15.2. The number of carbonyl (C=O) groups is 1. The highest BCUT2D eigenvalue weighted by Crippen LogP contribution is 2.21. The molecule has 0 bridgehead atoms. The lowest BCUT2D eigenvalue weighted by Gasteiger charge is -2.26. The fraction of sp³-hybridized carbons (Fsp3) is 0.300. The first-order valence-electron chi connectivity index (χ1n) is 9.10. The molecule has 4 rings (SSSR count). The molecule has 1 saturated heterocycles. The molecule has 3 aromatic rings. The van der Waals surface area contributed by atoms with Gasteiger partial charge in [-0.25, -0.2) is 4.98 Å². The van der Waals surface area contributed by atoms with E-state index in [0.29, 0.717) is 47.1 Å². The van der Waals surface area contributed by atoms with Gasteiger partial charge in [-0.2, -0.15) is 0 Å². The van der Waals surface area contributed by atoms with Crippen LogP contribution >= 0.6 is 11.6 Å². The predicted octanol–water partition coefficient (Wildman–Crippen LogP) is 2.82. The summed E-state index contributed by atoms with van der Waals surface area (Å²) in [4.78, 5) is 19.9. The van der Waals surface area contributed by atoms with E-state index < -0.39 is 10.8 Å². The predicted molar refractivity (Wildman–Crippen MR) is 109 cm³/mol. The minimum Gasteiger partial charge on any atom is -0.379 e. The Balaban J connectivity index is 1.65. The third-order valence-electron chi connectivity index (χ3n) is 4.72. The third-order valence-corrected chi connectivity index (χ3v) is 6.21. The Morgan fingerprint density at radius 1 is 1.11 bits per heavy atom. The number of halogens is 1.